The highest BCUT2D eigenvalue weighted by Crippen LogP contribution is 2.26. The molecule has 0 unspecified atom stereocenters. The minimum Gasteiger partial charge on any atom is -0.478 e. The molecule has 2 aromatic rings. The lowest BCUT2D eigenvalue weighted by atomic mass is 9.99. The summed E-state index contributed by atoms with van der Waals surface area (Å²) in [5.74, 6) is -3.07. The maximum absolute atomic E-state index is 14.3. The van der Waals surface area contributed by atoms with Gasteiger partial charge in [-0.25, -0.2) is 18.8 Å². The summed E-state index contributed by atoms with van der Waals surface area (Å²) in [7, 11) is 0. The maximum Gasteiger partial charge on any atom is 0.338 e. The quantitative estimate of drug-likeness (QED) is 0.426. The monoisotopic (exact) mass is 384 g/mol. The summed E-state index contributed by atoms with van der Waals surface area (Å²) >= 11 is 0. The third kappa shape index (κ3) is 5.14. The highest BCUT2D eigenvalue weighted by molar-refractivity contribution is 6.14. The average Bonchev–Trinajstić information content (AvgIpc) is 2.70. The fourth-order valence-electron chi connectivity index (χ4n) is 2.27. The molecule has 0 aliphatic rings. The van der Waals surface area contributed by atoms with Gasteiger partial charge in [0.1, 0.15) is 19.0 Å². The van der Waals surface area contributed by atoms with Gasteiger partial charge in [-0.05, 0) is 29.3 Å². The molecule has 0 saturated heterocycles. The lowest BCUT2D eigenvalue weighted by molar-refractivity contribution is -0.138. The van der Waals surface area contributed by atoms with E-state index in [0.29, 0.717) is 5.56 Å². The van der Waals surface area contributed by atoms with Crippen molar-refractivity contribution < 1.29 is 33.4 Å². The Labute approximate surface area is 160 Å². The van der Waals surface area contributed by atoms with E-state index in [2.05, 4.69) is 17.9 Å². The SMILES string of the molecule is C=CC(=O)OCCOC(=O)c1ccc(-c2ccc(C(=C)C(=O)O)cc2F)cc1. The zero-order valence-electron chi connectivity index (χ0n) is 14.8. The third-order valence-electron chi connectivity index (χ3n) is 3.73. The van der Waals surface area contributed by atoms with Gasteiger partial charge in [-0.1, -0.05) is 37.4 Å². The van der Waals surface area contributed by atoms with Crippen LogP contribution in [0.2, 0.25) is 0 Å². The second-order valence-electron chi connectivity index (χ2n) is 5.56. The number of ether oxygens (including phenoxy) is 2. The molecule has 0 bridgehead atoms. The summed E-state index contributed by atoms with van der Waals surface area (Å²) in [5.41, 5.74) is 0.961. The van der Waals surface area contributed by atoms with Gasteiger partial charge in [0.05, 0.1) is 11.1 Å². The van der Waals surface area contributed by atoms with E-state index in [9.17, 15) is 18.8 Å². The molecule has 0 aliphatic heterocycles. The molecule has 0 atom stereocenters. The van der Waals surface area contributed by atoms with Crippen molar-refractivity contribution in [3.05, 3.63) is 78.6 Å². The van der Waals surface area contributed by atoms with Gasteiger partial charge in [0, 0.05) is 11.6 Å². The average molecular weight is 384 g/mol. The van der Waals surface area contributed by atoms with Crippen molar-refractivity contribution in [1.82, 2.24) is 0 Å². The summed E-state index contributed by atoms with van der Waals surface area (Å²) in [6.45, 7) is 6.44. The van der Waals surface area contributed by atoms with Crippen molar-refractivity contribution in [3.8, 4) is 11.1 Å². The van der Waals surface area contributed by atoms with Gasteiger partial charge in [0.15, 0.2) is 0 Å². The second-order valence-corrected chi connectivity index (χ2v) is 5.56. The molecule has 28 heavy (non-hydrogen) atoms. The Hall–Kier alpha value is -3.74. The lowest BCUT2D eigenvalue weighted by Gasteiger charge is -2.08. The van der Waals surface area contributed by atoms with Crippen LogP contribution in [-0.2, 0) is 19.1 Å². The van der Waals surface area contributed by atoms with Crippen LogP contribution in [0, 0.1) is 5.82 Å². The van der Waals surface area contributed by atoms with Gasteiger partial charge in [-0.3, -0.25) is 0 Å². The Morgan fingerprint density at radius 3 is 2.18 bits per heavy atom. The molecule has 144 valence electrons. The first-order chi connectivity index (χ1) is 13.3. The summed E-state index contributed by atoms with van der Waals surface area (Å²) in [6, 6.07) is 10.0. The Bertz CT molecular complexity index is 930. The minimum absolute atomic E-state index is 0.0894. The van der Waals surface area contributed by atoms with Crippen molar-refractivity contribution in [1.29, 1.82) is 0 Å². The van der Waals surface area contributed by atoms with Gasteiger partial charge < -0.3 is 14.6 Å². The molecular formula is C21H17FO6. The second kappa shape index (κ2) is 9.27. The topological polar surface area (TPSA) is 89.9 Å². The van der Waals surface area contributed by atoms with Crippen molar-refractivity contribution in [2.45, 2.75) is 0 Å². The van der Waals surface area contributed by atoms with Gasteiger partial charge in [-0.2, -0.15) is 0 Å². The van der Waals surface area contributed by atoms with Crippen LogP contribution >= 0.6 is 0 Å². The van der Waals surface area contributed by atoms with E-state index < -0.39 is 23.7 Å². The summed E-state index contributed by atoms with van der Waals surface area (Å²) in [5, 5.41) is 8.92. The van der Waals surface area contributed by atoms with Crippen LogP contribution < -0.4 is 0 Å². The molecule has 7 heteroatoms. The molecule has 0 spiro atoms. The predicted octanol–water partition coefficient (Wildman–Crippen LogP) is 3.48. The number of carboxylic acids is 1. The summed E-state index contributed by atoms with van der Waals surface area (Å²) < 4.78 is 24.0. The van der Waals surface area contributed by atoms with Crippen LogP contribution in [0.25, 0.3) is 16.7 Å². The van der Waals surface area contributed by atoms with Crippen LogP contribution in [0.5, 0.6) is 0 Å². The first-order valence-corrected chi connectivity index (χ1v) is 8.12. The largest absolute Gasteiger partial charge is 0.478 e. The highest BCUT2D eigenvalue weighted by atomic mass is 19.1. The van der Waals surface area contributed by atoms with Crippen molar-refractivity contribution >= 4 is 23.5 Å². The van der Waals surface area contributed by atoms with Crippen LogP contribution in [0.3, 0.4) is 0 Å². The Balaban J connectivity index is 2.05. The van der Waals surface area contributed by atoms with Crippen LogP contribution in [-0.4, -0.2) is 36.2 Å². The van der Waals surface area contributed by atoms with E-state index in [1.165, 1.54) is 24.3 Å². The zero-order chi connectivity index (χ0) is 20.7. The van der Waals surface area contributed by atoms with E-state index in [1.54, 1.807) is 12.1 Å². The molecule has 2 rings (SSSR count). The van der Waals surface area contributed by atoms with Gasteiger partial charge in [-0.15, -0.1) is 0 Å². The molecule has 0 fully saturated rings. The number of carboxylic acid groups (broad SMARTS) is 1. The number of esters is 2. The number of carbonyl (C=O) groups is 3. The van der Waals surface area contributed by atoms with Crippen molar-refractivity contribution in [3.63, 3.8) is 0 Å². The van der Waals surface area contributed by atoms with Crippen molar-refractivity contribution in [2.24, 2.45) is 0 Å². The van der Waals surface area contributed by atoms with Gasteiger partial charge >= 0.3 is 17.9 Å². The van der Waals surface area contributed by atoms with Crippen LogP contribution in [0.4, 0.5) is 4.39 Å². The Kier molecular flexibility index (Phi) is 6.81. The standard InChI is InChI=1S/C21H17FO6/c1-3-19(23)27-10-11-28-21(26)15-6-4-14(5-7-15)17-9-8-16(12-18(17)22)13(2)20(24)25/h3-9,12H,1-2,10-11H2,(H,24,25). The smallest absolute Gasteiger partial charge is 0.338 e. The first kappa shape index (κ1) is 20.6. The van der Waals surface area contributed by atoms with E-state index in [4.69, 9.17) is 9.84 Å². The summed E-state index contributed by atoms with van der Waals surface area (Å²) in [4.78, 5) is 33.7. The van der Waals surface area contributed by atoms with E-state index in [1.807, 2.05) is 0 Å². The fourth-order valence-corrected chi connectivity index (χ4v) is 2.27. The fraction of sp³-hybridized carbons (Fsp3) is 0.0952. The number of halogens is 1. The molecule has 6 nitrogen and oxygen atoms in total. The predicted molar refractivity (Wildman–Crippen MR) is 99.9 cm³/mol. The van der Waals surface area contributed by atoms with Gasteiger partial charge in [0.25, 0.3) is 0 Å². The van der Waals surface area contributed by atoms with E-state index >= 15 is 0 Å². The Morgan fingerprint density at radius 1 is 1.00 bits per heavy atom. The molecule has 0 saturated carbocycles. The van der Waals surface area contributed by atoms with Crippen molar-refractivity contribution in [2.75, 3.05) is 13.2 Å². The molecule has 0 radical (unpaired) electrons. The molecule has 2 aromatic carbocycles. The number of rotatable bonds is 8. The maximum atomic E-state index is 14.3. The number of hydrogen-bond donors (Lipinski definition) is 1. The first-order valence-electron chi connectivity index (χ1n) is 8.12. The number of benzene rings is 2. The lowest BCUT2D eigenvalue weighted by Crippen LogP contribution is -2.12. The number of aliphatic carboxylic acids is 1. The zero-order valence-corrected chi connectivity index (χ0v) is 14.8. The molecular weight excluding hydrogens is 367 g/mol. The molecule has 0 amide bonds. The van der Waals surface area contributed by atoms with Crippen LogP contribution in [0.1, 0.15) is 15.9 Å². The summed E-state index contributed by atoms with van der Waals surface area (Å²) in [6.07, 6.45) is 1.00. The minimum atomic E-state index is -1.23. The highest BCUT2D eigenvalue weighted by Gasteiger charge is 2.13. The molecule has 1 N–H and O–H groups in total. The van der Waals surface area contributed by atoms with E-state index in [-0.39, 0.29) is 35.5 Å². The molecule has 0 aromatic heterocycles. The van der Waals surface area contributed by atoms with E-state index in [0.717, 1.165) is 12.1 Å². The molecule has 0 heterocycles. The number of carbonyl (C=O) groups excluding carboxylic acids is 2. The number of hydrogen-bond acceptors (Lipinski definition) is 5. The normalized spacial score (nSPS) is 10.0. The molecule has 0 aliphatic carbocycles. The Morgan fingerprint density at radius 2 is 1.61 bits per heavy atom. The van der Waals surface area contributed by atoms with Crippen LogP contribution in [0.15, 0.2) is 61.7 Å². The van der Waals surface area contributed by atoms with Gasteiger partial charge in [0.2, 0.25) is 0 Å². The third-order valence-corrected chi connectivity index (χ3v) is 3.73.